The van der Waals surface area contributed by atoms with Gasteiger partial charge in [0.2, 0.25) is 0 Å². The van der Waals surface area contributed by atoms with Crippen molar-refractivity contribution < 1.29 is 9.90 Å². The van der Waals surface area contributed by atoms with E-state index >= 15 is 0 Å². The first-order valence-corrected chi connectivity index (χ1v) is 7.82. The monoisotopic (exact) mass is 290 g/mol. The van der Waals surface area contributed by atoms with Crippen molar-refractivity contribution >= 4 is 5.97 Å². The molecule has 1 aromatic carbocycles. The molecule has 1 aliphatic rings. The molecule has 0 spiro atoms. The lowest BCUT2D eigenvalue weighted by atomic mass is 9.97. The van der Waals surface area contributed by atoms with Crippen LogP contribution in [0.4, 0.5) is 0 Å². The quantitative estimate of drug-likeness (QED) is 0.873. The molecule has 1 fully saturated rings. The van der Waals surface area contributed by atoms with E-state index in [1.54, 1.807) is 6.92 Å². The normalized spacial score (nSPS) is 20.1. The third-order valence-corrected chi connectivity index (χ3v) is 4.56. The molecular formula is C17H26N2O2. The molecule has 2 rings (SSSR count). The SMILES string of the molecule is CC(CCN1CCN(C(C)C(=O)O)CC1)c1ccccc1. The summed E-state index contributed by atoms with van der Waals surface area (Å²) in [6, 6.07) is 10.3. The zero-order valence-corrected chi connectivity index (χ0v) is 13.0. The van der Waals surface area contributed by atoms with Gasteiger partial charge in [0.25, 0.3) is 0 Å². The predicted octanol–water partition coefficient (Wildman–Crippen LogP) is 2.27. The molecule has 0 saturated carbocycles. The number of aliphatic carboxylic acids is 1. The van der Waals surface area contributed by atoms with Gasteiger partial charge in [-0.3, -0.25) is 9.69 Å². The molecule has 0 aromatic heterocycles. The van der Waals surface area contributed by atoms with Crippen LogP contribution in [0.1, 0.15) is 31.7 Å². The average molecular weight is 290 g/mol. The zero-order valence-electron chi connectivity index (χ0n) is 13.0. The highest BCUT2D eigenvalue weighted by Crippen LogP contribution is 2.19. The van der Waals surface area contributed by atoms with Gasteiger partial charge >= 0.3 is 5.97 Å². The van der Waals surface area contributed by atoms with E-state index in [0.717, 1.165) is 39.1 Å². The number of benzene rings is 1. The van der Waals surface area contributed by atoms with Gasteiger partial charge in [-0.2, -0.15) is 0 Å². The Bertz CT molecular complexity index is 441. The van der Waals surface area contributed by atoms with Gasteiger partial charge in [-0.15, -0.1) is 0 Å². The highest BCUT2D eigenvalue weighted by Gasteiger charge is 2.25. The van der Waals surface area contributed by atoms with E-state index < -0.39 is 5.97 Å². The van der Waals surface area contributed by atoms with Crippen molar-refractivity contribution in [3.63, 3.8) is 0 Å². The standard InChI is InChI=1S/C17H26N2O2/c1-14(16-6-4-3-5-7-16)8-9-18-10-12-19(13-11-18)15(2)17(20)21/h3-7,14-15H,8-13H2,1-2H3,(H,20,21). The predicted molar refractivity (Wildman–Crippen MR) is 84.6 cm³/mol. The summed E-state index contributed by atoms with van der Waals surface area (Å²) in [6.07, 6.45) is 1.15. The first-order valence-electron chi connectivity index (χ1n) is 7.82. The molecule has 0 aliphatic carbocycles. The minimum absolute atomic E-state index is 0.365. The largest absolute Gasteiger partial charge is 0.480 e. The van der Waals surface area contributed by atoms with Gasteiger partial charge in [0.05, 0.1) is 0 Å². The summed E-state index contributed by atoms with van der Waals surface area (Å²) in [5, 5.41) is 9.05. The van der Waals surface area contributed by atoms with E-state index in [1.165, 1.54) is 5.56 Å². The van der Waals surface area contributed by atoms with Gasteiger partial charge in [-0.25, -0.2) is 0 Å². The van der Waals surface area contributed by atoms with Crippen molar-refractivity contribution in [3.8, 4) is 0 Å². The summed E-state index contributed by atoms with van der Waals surface area (Å²) in [6.45, 7) is 8.79. The molecular weight excluding hydrogens is 264 g/mol. The van der Waals surface area contributed by atoms with E-state index in [2.05, 4.69) is 47.1 Å². The van der Waals surface area contributed by atoms with Crippen LogP contribution >= 0.6 is 0 Å². The second-order valence-corrected chi connectivity index (χ2v) is 5.99. The van der Waals surface area contributed by atoms with E-state index in [1.807, 2.05) is 0 Å². The molecule has 1 N–H and O–H groups in total. The Morgan fingerprint density at radius 2 is 1.76 bits per heavy atom. The van der Waals surface area contributed by atoms with Crippen molar-refractivity contribution in [2.45, 2.75) is 32.2 Å². The minimum Gasteiger partial charge on any atom is -0.480 e. The van der Waals surface area contributed by atoms with Gasteiger partial charge in [0.1, 0.15) is 6.04 Å². The van der Waals surface area contributed by atoms with Gasteiger partial charge in [-0.05, 0) is 31.4 Å². The molecule has 0 radical (unpaired) electrons. The Kier molecular flexibility index (Phi) is 5.76. The maximum Gasteiger partial charge on any atom is 0.320 e. The second-order valence-electron chi connectivity index (χ2n) is 5.99. The van der Waals surface area contributed by atoms with E-state index in [0.29, 0.717) is 5.92 Å². The van der Waals surface area contributed by atoms with Crippen LogP contribution < -0.4 is 0 Å². The van der Waals surface area contributed by atoms with Gasteiger partial charge in [0, 0.05) is 26.2 Å². The molecule has 4 nitrogen and oxygen atoms in total. The number of piperazine rings is 1. The van der Waals surface area contributed by atoms with Crippen LogP contribution in [0.2, 0.25) is 0 Å². The fraction of sp³-hybridized carbons (Fsp3) is 0.588. The number of carboxylic acid groups (broad SMARTS) is 1. The number of hydrogen-bond acceptors (Lipinski definition) is 3. The van der Waals surface area contributed by atoms with Gasteiger partial charge < -0.3 is 10.0 Å². The average Bonchev–Trinajstić information content (AvgIpc) is 2.53. The molecule has 1 aliphatic heterocycles. The highest BCUT2D eigenvalue weighted by molar-refractivity contribution is 5.72. The number of carbonyl (C=O) groups is 1. The molecule has 2 atom stereocenters. The summed E-state index contributed by atoms with van der Waals surface area (Å²) >= 11 is 0. The summed E-state index contributed by atoms with van der Waals surface area (Å²) in [7, 11) is 0. The number of nitrogens with zero attached hydrogens (tertiary/aromatic N) is 2. The van der Waals surface area contributed by atoms with Crippen LogP contribution in [0.5, 0.6) is 0 Å². The second kappa shape index (κ2) is 7.57. The fourth-order valence-corrected chi connectivity index (χ4v) is 2.85. The molecule has 2 unspecified atom stereocenters. The Labute approximate surface area is 127 Å². The molecule has 1 saturated heterocycles. The fourth-order valence-electron chi connectivity index (χ4n) is 2.85. The summed E-state index contributed by atoms with van der Waals surface area (Å²) in [5.74, 6) is -0.150. The van der Waals surface area contributed by atoms with Crippen molar-refractivity contribution in [2.24, 2.45) is 0 Å². The Morgan fingerprint density at radius 1 is 1.14 bits per heavy atom. The highest BCUT2D eigenvalue weighted by atomic mass is 16.4. The topological polar surface area (TPSA) is 43.8 Å². The molecule has 116 valence electrons. The van der Waals surface area contributed by atoms with Crippen molar-refractivity contribution in [1.82, 2.24) is 9.80 Å². The van der Waals surface area contributed by atoms with E-state index in [4.69, 9.17) is 5.11 Å². The maximum atomic E-state index is 11.0. The molecule has 4 heteroatoms. The van der Waals surface area contributed by atoms with Gasteiger partial charge in [0.15, 0.2) is 0 Å². The number of carboxylic acids is 1. The van der Waals surface area contributed by atoms with Crippen LogP contribution in [0.15, 0.2) is 30.3 Å². The summed E-state index contributed by atoms with van der Waals surface area (Å²) in [4.78, 5) is 15.5. The Hall–Kier alpha value is -1.39. The molecule has 1 heterocycles. The first-order chi connectivity index (χ1) is 10.1. The lowest BCUT2D eigenvalue weighted by molar-refractivity contribution is -0.143. The van der Waals surface area contributed by atoms with Crippen LogP contribution in [0.25, 0.3) is 0 Å². The van der Waals surface area contributed by atoms with E-state index in [-0.39, 0.29) is 6.04 Å². The van der Waals surface area contributed by atoms with Crippen molar-refractivity contribution in [1.29, 1.82) is 0 Å². The van der Waals surface area contributed by atoms with Crippen LogP contribution in [-0.4, -0.2) is 59.6 Å². The van der Waals surface area contributed by atoms with Crippen molar-refractivity contribution in [2.75, 3.05) is 32.7 Å². The minimum atomic E-state index is -0.721. The lowest BCUT2D eigenvalue weighted by Crippen LogP contribution is -2.51. The Balaban J connectivity index is 1.73. The Morgan fingerprint density at radius 3 is 2.33 bits per heavy atom. The maximum absolute atomic E-state index is 11.0. The smallest absolute Gasteiger partial charge is 0.320 e. The van der Waals surface area contributed by atoms with Crippen molar-refractivity contribution in [3.05, 3.63) is 35.9 Å². The van der Waals surface area contributed by atoms with Crippen LogP contribution in [-0.2, 0) is 4.79 Å². The number of rotatable bonds is 6. The molecule has 21 heavy (non-hydrogen) atoms. The number of hydrogen-bond donors (Lipinski definition) is 1. The molecule has 0 bridgehead atoms. The zero-order chi connectivity index (χ0) is 15.2. The van der Waals surface area contributed by atoms with Gasteiger partial charge in [-0.1, -0.05) is 37.3 Å². The third-order valence-electron chi connectivity index (χ3n) is 4.56. The molecule has 1 aromatic rings. The third kappa shape index (κ3) is 4.55. The summed E-state index contributed by atoms with van der Waals surface area (Å²) < 4.78 is 0. The lowest BCUT2D eigenvalue weighted by Gasteiger charge is -2.36. The molecule has 0 amide bonds. The van der Waals surface area contributed by atoms with Crippen LogP contribution in [0.3, 0.4) is 0 Å². The van der Waals surface area contributed by atoms with Crippen LogP contribution in [0, 0.1) is 0 Å². The first kappa shape index (κ1) is 16.0. The van der Waals surface area contributed by atoms with E-state index in [9.17, 15) is 4.79 Å². The summed E-state index contributed by atoms with van der Waals surface area (Å²) in [5.41, 5.74) is 1.40.